The Morgan fingerprint density at radius 3 is 2.29 bits per heavy atom. The molecule has 162 valence electrons. The maximum absolute atomic E-state index is 13.1. The van der Waals surface area contributed by atoms with Gasteiger partial charge in [0.15, 0.2) is 0 Å². The highest BCUT2D eigenvalue weighted by molar-refractivity contribution is 7.92. The van der Waals surface area contributed by atoms with Crippen molar-refractivity contribution in [2.24, 2.45) is 0 Å². The summed E-state index contributed by atoms with van der Waals surface area (Å²) in [7, 11) is 0.644. The number of aryl methyl sites for hydroxylation is 1. The van der Waals surface area contributed by atoms with Crippen molar-refractivity contribution in [1.82, 2.24) is 0 Å². The molecule has 1 N–H and O–H groups in total. The lowest BCUT2D eigenvalue weighted by molar-refractivity contribution is 0.102. The number of methoxy groups -OCH3 is 2. The number of benzene rings is 3. The molecule has 3 rings (SSSR count). The number of rotatable bonds is 7. The molecule has 8 heteroatoms. The number of hydrogen-bond acceptors (Lipinski definition) is 5. The zero-order chi connectivity index (χ0) is 22.6. The first-order valence-corrected chi connectivity index (χ1v) is 10.9. The third kappa shape index (κ3) is 4.80. The normalized spacial score (nSPS) is 11.0. The molecule has 7 nitrogen and oxygen atoms in total. The molecule has 0 aromatic heterocycles. The Kier molecular flexibility index (Phi) is 6.50. The topological polar surface area (TPSA) is 84.9 Å². The minimum absolute atomic E-state index is 0.00896. The monoisotopic (exact) mass is 440 g/mol. The van der Waals surface area contributed by atoms with Crippen molar-refractivity contribution in [2.75, 3.05) is 30.9 Å². The zero-order valence-electron chi connectivity index (χ0n) is 17.7. The van der Waals surface area contributed by atoms with Gasteiger partial charge in [-0.15, -0.1) is 0 Å². The van der Waals surface area contributed by atoms with E-state index < -0.39 is 15.9 Å². The summed E-state index contributed by atoms with van der Waals surface area (Å²) < 4.78 is 37.8. The molecule has 1 amide bonds. The summed E-state index contributed by atoms with van der Waals surface area (Å²) in [4.78, 5) is 12.8. The number of anilines is 2. The molecular formula is C23H24N2O5S. The number of nitrogens with one attached hydrogen (secondary N) is 1. The molecule has 0 unspecified atom stereocenters. The Balaban J connectivity index is 1.88. The predicted molar refractivity (Wildman–Crippen MR) is 121 cm³/mol. The van der Waals surface area contributed by atoms with Gasteiger partial charge in [0, 0.05) is 12.6 Å². The van der Waals surface area contributed by atoms with E-state index in [1.54, 1.807) is 49.6 Å². The number of nitrogens with zero attached hydrogens (tertiary/aromatic N) is 1. The van der Waals surface area contributed by atoms with Crippen LogP contribution in [0.4, 0.5) is 11.4 Å². The summed E-state index contributed by atoms with van der Waals surface area (Å²) in [5.41, 5.74) is 2.15. The van der Waals surface area contributed by atoms with E-state index in [9.17, 15) is 13.2 Å². The van der Waals surface area contributed by atoms with Crippen molar-refractivity contribution >= 4 is 27.3 Å². The maximum Gasteiger partial charge on any atom is 0.264 e. The summed E-state index contributed by atoms with van der Waals surface area (Å²) in [6, 6.07) is 18.0. The highest BCUT2D eigenvalue weighted by atomic mass is 32.2. The van der Waals surface area contributed by atoms with Crippen molar-refractivity contribution in [3.63, 3.8) is 0 Å². The molecule has 0 heterocycles. The van der Waals surface area contributed by atoms with Gasteiger partial charge in [0.2, 0.25) is 0 Å². The van der Waals surface area contributed by atoms with Crippen molar-refractivity contribution in [1.29, 1.82) is 0 Å². The number of hydrogen-bond donors (Lipinski definition) is 1. The van der Waals surface area contributed by atoms with Gasteiger partial charge in [0.25, 0.3) is 15.9 Å². The van der Waals surface area contributed by atoms with Crippen LogP contribution in [-0.2, 0) is 10.0 Å². The van der Waals surface area contributed by atoms with Gasteiger partial charge in [-0.1, -0.05) is 12.1 Å². The fraction of sp³-hybridized carbons (Fsp3) is 0.174. The first kappa shape index (κ1) is 22.2. The number of carbonyl (C=O) groups is 1. The molecule has 0 aliphatic carbocycles. The Morgan fingerprint density at radius 1 is 0.935 bits per heavy atom. The molecule has 0 atom stereocenters. The van der Waals surface area contributed by atoms with Crippen LogP contribution in [0.2, 0.25) is 0 Å². The number of amides is 1. The Hall–Kier alpha value is -3.52. The molecule has 3 aromatic carbocycles. The predicted octanol–water partition coefficient (Wildman–Crippen LogP) is 4.09. The average Bonchev–Trinajstić information content (AvgIpc) is 2.79. The van der Waals surface area contributed by atoms with Crippen molar-refractivity contribution < 1.29 is 22.7 Å². The Bertz CT molecular complexity index is 1190. The molecule has 0 bridgehead atoms. The summed E-state index contributed by atoms with van der Waals surface area (Å²) >= 11 is 0. The van der Waals surface area contributed by atoms with Gasteiger partial charge in [-0.25, -0.2) is 8.42 Å². The smallest absolute Gasteiger partial charge is 0.264 e. The lowest BCUT2D eigenvalue weighted by Gasteiger charge is -2.20. The largest absolute Gasteiger partial charge is 0.497 e. The quantitative estimate of drug-likeness (QED) is 0.598. The molecule has 0 fully saturated rings. The highest BCUT2D eigenvalue weighted by Crippen LogP contribution is 2.27. The minimum Gasteiger partial charge on any atom is -0.497 e. The van der Waals surface area contributed by atoms with E-state index in [0.29, 0.717) is 22.9 Å². The first-order chi connectivity index (χ1) is 14.8. The second kappa shape index (κ2) is 9.09. The fourth-order valence-electron chi connectivity index (χ4n) is 3.00. The van der Waals surface area contributed by atoms with Gasteiger partial charge < -0.3 is 14.8 Å². The van der Waals surface area contributed by atoms with Crippen LogP contribution in [-0.4, -0.2) is 35.6 Å². The first-order valence-electron chi connectivity index (χ1n) is 9.45. The summed E-state index contributed by atoms with van der Waals surface area (Å²) in [6.07, 6.45) is 0. The van der Waals surface area contributed by atoms with Crippen LogP contribution in [0.25, 0.3) is 0 Å². The van der Waals surface area contributed by atoms with E-state index in [0.717, 1.165) is 9.87 Å². The second-order valence-corrected chi connectivity index (χ2v) is 8.83. The van der Waals surface area contributed by atoms with Crippen LogP contribution >= 0.6 is 0 Å². The van der Waals surface area contributed by atoms with Gasteiger partial charge in [-0.3, -0.25) is 9.10 Å². The van der Waals surface area contributed by atoms with Crippen molar-refractivity contribution in [2.45, 2.75) is 11.8 Å². The van der Waals surface area contributed by atoms with E-state index in [1.165, 1.54) is 32.4 Å². The summed E-state index contributed by atoms with van der Waals surface area (Å²) in [5.74, 6) is 0.704. The van der Waals surface area contributed by atoms with E-state index in [2.05, 4.69) is 5.32 Å². The Morgan fingerprint density at radius 2 is 1.65 bits per heavy atom. The van der Waals surface area contributed by atoms with Crippen LogP contribution in [0, 0.1) is 6.92 Å². The minimum atomic E-state index is -3.87. The van der Waals surface area contributed by atoms with Gasteiger partial charge >= 0.3 is 0 Å². The van der Waals surface area contributed by atoms with Crippen molar-refractivity contribution in [3.05, 3.63) is 77.9 Å². The molecule has 0 aliphatic rings. The molecule has 31 heavy (non-hydrogen) atoms. The molecule has 0 saturated carbocycles. The SMILES string of the molecule is COc1ccc(N(C)S(=O)(=O)c2cccc(C(=O)Nc3cc(C)ccc3OC)c2)cc1. The van der Waals surface area contributed by atoms with Gasteiger partial charge in [-0.2, -0.15) is 0 Å². The summed E-state index contributed by atoms with van der Waals surface area (Å²) in [5, 5.41) is 2.78. The lowest BCUT2D eigenvalue weighted by Crippen LogP contribution is -2.26. The molecule has 3 aromatic rings. The third-order valence-corrected chi connectivity index (χ3v) is 6.58. The highest BCUT2D eigenvalue weighted by Gasteiger charge is 2.23. The molecular weight excluding hydrogens is 416 g/mol. The van der Waals surface area contributed by atoms with Gasteiger partial charge in [0.1, 0.15) is 11.5 Å². The van der Waals surface area contributed by atoms with Gasteiger partial charge in [-0.05, 0) is 67.1 Å². The number of sulfonamides is 1. The maximum atomic E-state index is 13.1. The molecule has 0 radical (unpaired) electrons. The Labute approximate surface area is 182 Å². The average molecular weight is 441 g/mol. The van der Waals surface area contributed by atoms with E-state index in [-0.39, 0.29) is 10.5 Å². The van der Waals surface area contributed by atoms with Crippen LogP contribution in [0.5, 0.6) is 11.5 Å². The zero-order valence-corrected chi connectivity index (χ0v) is 18.6. The van der Waals surface area contributed by atoms with Crippen LogP contribution in [0.3, 0.4) is 0 Å². The van der Waals surface area contributed by atoms with E-state index in [1.807, 2.05) is 13.0 Å². The van der Waals surface area contributed by atoms with Crippen molar-refractivity contribution in [3.8, 4) is 11.5 Å². The van der Waals surface area contributed by atoms with Crippen LogP contribution in [0.1, 0.15) is 15.9 Å². The van der Waals surface area contributed by atoms with E-state index in [4.69, 9.17) is 9.47 Å². The molecule has 0 saturated heterocycles. The molecule has 0 aliphatic heterocycles. The van der Waals surface area contributed by atoms with Crippen LogP contribution < -0.4 is 19.1 Å². The standard InChI is InChI=1S/C23H24N2O5S/c1-16-8-13-22(30-4)21(14-16)24-23(26)17-6-5-7-20(15-17)31(27,28)25(2)18-9-11-19(29-3)12-10-18/h5-15H,1-4H3,(H,24,26). The number of carbonyl (C=O) groups excluding carboxylic acids is 1. The summed E-state index contributed by atoms with van der Waals surface area (Å²) in [6.45, 7) is 1.90. The number of ether oxygens (including phenoxy) is 2. The molecule has 0 spiro atoms. The van der Waals surface area contributed by atoms with Gasteiger partial charge in [0.05, 0.1) is 30.5 Å². The van der Waals surface area contributed by atoms with E-state index >= 15 is 0 Å². The second-order valence-electron chi connectivity index (χ2n) is 6.86. The lowest BCUT2D eigenvalue weighted by atomic mass is 10.1. The third-order valence-electron chi connectivity index (χ3n) is 4.79. The van der Waals surface area contributed by atoms with Crippen LogP contribution in [0.15, 0.2) is 71.6 Å². The fourth-order valence-corrected chi connectivity index (χ4v) is 4.24.